The van der Waals surface area contributed by atoms with Gasteiger partial charge in [-0.05, 0) is 18.6 Å². The lowest BCUT2D eigenvalue weighted by atomic mass is 10.3. The maximum absolute atomic E-state index is 12.4. The summed E-state index contributed by atoms with van der Waals surface area (Å²) >= 11 is 0. The van der Waals surface area contributed by atoms with Gasteiger partial charge in [-0.1, -0.05) is 13.8 Å². The van der Waals surface area contributed by atoms with Crippen LogP contribution in [0, 0.1) is 6.92 Å². The molecule has 0 spiro atoms. The molecule has 2 rings (SSSR count). The van der Waals surface area contributed by atoms with E-state index in [0.29, 0.717) is 17.8 Å². The minimum absolute atomic E-state index is 0.0684. The Bertz CT molecular complexity index is 709. The molecule has 0 saturated carbocycles. The molecule has 0 aliphatic carbocycles. The number of nitrogens with one attached hydrogen (secondary N) is 3. The van der Waals surface area contributed by atoms with Crippen LogP contribution in [-0.2, 0) is 16.6 Å². The van der Waals surface area contributed by atoms with Crippen molar-refractivity contribution < 1.29 is 8.42 Å². The highest BCUT2D eigenvalue weighted by molar-refractivity contribution is 7.92. The molecule has 0 amide bonds. The number of aryl methyl sites for hydroxylation is 1. The van der Waals surface area contributed by atoms with Crippen LogP contribution < -0.4 is 10.0 Å². The van der Waals surface area contributed by atoms with Crippen LogP contribution in [0.5, 0.6) is 0 Å². The Kier molecular flexibility index (Phi) is 4.59. The van der Waals surface area contributed by atoms with Crippen molar-refractivity contribution in [3.63, 3.8) is 0 Å². The van der Waals surface area contributed by atoms with Crippen molar-refractivity contribution in [1.82, 2.24) is 20.5 Å². The summed E-state index contributed by atoms with van der Waals surface area (Å²) in [5.41, 5.74) is 1.85. The van der Waals surface area contributed by atoms with E-state index in [2.05, 4.69) is 25.2 Å². The molecule has 0 aliphatic rings. The number of sulfonamides is 1. The maximum atomic E-state index is 12.4. The number of H-pyrrole nitrogens is 1. The fraction of sp³-hybridized carbons (Fsp3) is 0.385. The van der Waals surface area contributed by atoms with Gasteiger partial charge >= 0.3 is 0 Å². The number of nitrogens with zero attached hydrogens (tertiary/aromatic N) is 2. The highest BCUT2D eigenvalue weighted by Gasteiger charge is 2.21. The molecule has 0 aliphatic heterocycles. The van der Waals surface area contributed by atoms with Gasteiger partial charge in [0, 0.05) is 24.3 Å². The number of anilines is 1. The van der Waals surface area contributed by atoms with Crippen molar-refractivity contribution in [2.24, 2.45) is 0 Å². The van der Waals surface area contributed by atoms with E-state index < -0.39 is 10.0 Å². The van der Waals surface area contributed by atoms with E-state index in [9.17, 15) is 8.42 Å². The smallest absolute Gasteiger partial charge is 0.279 e. The predicted octanol–water partition coefficient (Wildman–Crippen LogP) is 1.41. The van der Waals surface area contributed by atoms with Crippen molar-refractivity contribution in [3.8, 4) is 0 Å². The van der Waals surface area contributed by atoms with Crippen LogP contribution in [0.1, 0.15) is 25.0 Å². The number of hydrogen-bond acceptors (Lipinski definition) is 5. The Labute approximate surface area is 124 Å². The van der Waals surface area contributed by atoms with Crippen LogP contribution in [-0.4, -0.2) is 29.6 Å². The molecule has 0 bridgehead atoms. The summed E-state index contributed by atoms with van der Waals surface area (Å²) in [5.74, 6) is 0. The molecule has 21 heavy (non-hydrogen) atoms. The molecule has 114 valence electrons. The Morgan fingerprint density at radius 1 is 1.33 bits per heavy atom. The molecule has 0 fully saturated rings. The minimum atomic E-state index is -3.72. The molecular formula is C13H19N5O2S. The number of hydrogen-bond donors (Lipinski definition) is 3. The first-order valence-corrected chi connectivity index (χ1v) is 8.07. The molecule has 0 unspecified atom stereocenters. The van der Waals surface area contributed by atoms with Crippen LogP contribution in [0.4, 0.5) is 5.69 Å². The average molecular weight is 309 g/mol. The first kappa shape index (κ1) is 15.5. The summed E-state index contributed by atoms with van der Waals surface area (Å²) in [7, 11) is -3.72. The quantitative estimate of drug-likeness (QED) is 0.749. The molecule has 0 aromatic carbocycles. The first-order chi connectivity index (χ1) is 9.90. The third-order valence-electron chi connectivity index (χ3n) is 2.93. The van der Waals surface area contributed by atoms with Gasteiger partial charge in [-0.3, -0.25) is 14.8 Å². The normalized spacial score (nSPS) is 11.8. The van der Waals surface area contributed by atoms with Gasteiger partial charge < -0.3 is 5.32 Å². The molecule has 7 nitrogen and oxygen atoms in total. The lowest BCUT2D eigenvalue weighted by Crippen LogP contribution is -2.23. The monoisotopic (exact) mass is 309 g/mol. The molecule has 0 radical (unpaired) electrons. The molecular weight excluding hydrogens is 290 g/mol. The van der Waals surface area contributed by atoms with Gasteiger partial charge in [0.05, 0.1) is 18.1 Å². The van der Waals surface area contributed by atoms with Crippen molar-refractivity contribution in [2.45, 2.75) is 38.4 Å². The van der Waals surface area contributed by atoms with Crippen molar-refractivity contribution in [3.05, 3.63) is 35.8 Å². The van der Waals surface area contributed by atoms with E-state index in [-0.39, 0.29) is 11.1 Å². The zero-order valence-electron chi connectivity index (χ0n) is 12.2. The van der Waals surface area contributed by atoms with Gasteiger partial charge in [-0.25, -0.2) is 0 Å². The third kappa shape index (κ3) is 3.79. The van der Waals surface area contributed by atoms with Crippen molar-refractivity contribution >= 4 is 15.7 Å². The highest BCUT2D eigenvalue weighted by atomic mass is 32.2. The fourth-order valence-electron chi connectivity index (χ4n) is 1.74. The summed E-state index contributed by atoms with van der Waals surface area (Å²) < 4.78 is 27.4. The largest absolute Gasteiger partial charge is 0.310 e. The Hall–Kier alpha value is -1.93. The maximum Gasteiger partial charge on any atom is 0.279 e. The highest BCUT2D eigenvalue weighted by Crippen LogP contribution is 2.19. The van der Waals surface area contributed by atoms with Gasteiger partial charge in [0.2, 0.25) is 0 Å². The third-order valence-corrected chi connectivity index (χ3v) is 4.31. The van der Waals surface area contributed by atoms with E-state index in [4.69, 9.17) is 0 Å². The predicted molar refractivity (Wildman–Crippen MR) is 80.3 cm³/mol. The molecule has 0 saturated heterocycles. The van der Waals surface area contributed by atoms with E-state index in [0.717, 1.165) is 5.56 Å². The fourth-order valence-corrected chi connectivity index (χ4v) is 2.99. The molecule has 0 atom stereocenters. The standard InChI is InChI=1S/C13H19N5O2S/c1-9(2)15-6-11-7-16-17-13(11)21(19,20)18-12-8-14-5-4-10(12)3/h4-5,7-9,15,18H,6H2,1-3H3,(H,16,17). The summed E-state index contributed by atoms with van der Waals surface area (Å²) in [6.07, 6.45) is 4.61. The Balaban J connectivity index is 2.24. The minimum Gasteiger partial charge on any atom is -0.310 e. The van der Waals surface area contributed by atoms with Gasteiger partial charge in [-0.15, -0.1) is 0 Å². The second-order valence-corrected chi connectivity index (χ2v) is 6.68. The number of rotatable bonds is 6. The van der Waals surface area contributed by atoms with Crippen molar-refractivity contribution in [1.29, 1.82) is 0 Å². The van der Waals surface area contributed by atoms with E-state index >= 15 is 0 Å². The summed E-state index contributed by atoms with van der Waals surface area (Å²) in [6.45, 7) is 6.22. The van der Waals surface area contributed by atoms with E-state index in [1.807, 2.05) is 20.8 Å². The van der Waals surface area contributed by atoms with Gasteiger partial charge in [-0.2, -0.15) is 13.5 Å². The van der Waals surface area contributed by atoms with Gasteiger partial charge in [0.25, 0.3) is 10.0 Å². The number of pyridine rings is 1. The first-order valence-electron chi connectivity index (χ1n) is 6.59. The lowest BCUT2D eigenvalue weighted by molar-refractivity contribution is 0.574. The Morgan fingerprint density at radius 2 is 2.10 bits per heavy atom. The van der Waals surface area contributed by atoms with Crippen molar-refractivity contribution in [2.75, 3.05) is 4.72 Å². The van der Waals surface area contributed by atoms with Crippen LogP contribution in [0.3, 0.4) is 0 Å². The zero-order chi connectivity index (χ0) is 15.5. The molecule has 8 heteroatoms. The Morgan fingerprint density at radius 3 is 2.76 bits per heavy atom. The topological polar surface area (TPSA) is 99.8 Å². The van der Waals surface area contributed by atoms with Crippen LogP contribution in [0.25, 0.3) is 0 Å². The molecule has 2 aromatic rings. The summed E-state index contributed by atoms with van der Waals surface area (Å²) in [5, 5.41) is 9.62. The van der Waals surface area contributed by atoms with E-state index in [1.165, 1.54) is 12.4 Å². The van der Waals surface area contributed by atoms with Gasteiger partial charge in [0.1, 0.15) is 0 Å². The second kappa shape index (κ2) is 6.23. The van der Waals surface area contributed by atoms with Gasteiger partial charge in [0.15, 0.2) is 5.03 Å². The molecule has 2 heterocycles. The molecule has 2 aromatic heterocycles. The summed E-state index contributed by atoms with van der Waals surface area (Å²) in [6, 6.07) is 2.00. The second-order valence-electron chi connectivity index (χ2n) is 5.06. The SMILES string of the molecule is Cc1ccncc1NS(=O)(=O)c1[nH]ncc1CNC(C)C. The van der Waals surface area contributed by atoms with Crippen LogP contribution >= 0.6 is 0 Å². The van der Waals surface area contributed by atoms with Crippen LogP contribution in [0.15, 0.2) is 29.7 Å². The number of aromatic amines is 1. The van der Waals surface area contributed by atoms with E-state index in [1.54, 1.807) is 12.3 Å². The summed E-state index contributed by atoms with van der Waals surface area (Å²) in [4.78, 5) is 3.93. The molecule has 3 N–H and O–H groups in total. The zero-order valence-corrected chi connectivity index (χ0v) is 13.0. The van der Waals surface area contributed by atoms with Crippen LogP contribution in [0.2, 0.25) is 0 Å². The number of aromatic nitrogens is 3. The lowest BCUT2D eigenvalue weighted by Gasteiger charge is -2.11. The average Bonchev–Trinajstić information content (AvgIpc) is 2.88.